The number of fused-ring (bicyclic) bond motifs is 1. The van der Waals surface area contributed by atoms with Gasteiger partial charge < -0.3 is 4.90 Å². The maximum absolute atomic E-state index is 12.9. The number of carbonyl (C=O) groups is 1. The molecule has 0 saturated carbocycles. The fraction of sp³-hybridized carbons (Fsp3) is 0.267. The number of anilines is 1. The number of amides is 1. The molecule has 118 valence electrons. The second-order valence-corrected chi connectivity index (χ2v) is 5.27. The third-order valence-electron chi connectivity index (χ3n) is 3.74. The van der Waals surface area contributed by atoms with Gasteiger partial charge in [-0.25, -0.2) is 0 Å². The normalized spacial score (nSPS) is 17.8. The van der Waals surface area contributed by atoms with Crippen molar-refractivity contribution in [2.45, 2.75) is 19.1 Å². The lowest BCUT2D eigenvalue weighted by molar-refractivity contribution is -0.137. The van der Waals surface area contributed by atoms with Crippen LogP contribution in [-0.2, 0) is 6.18 Å². The molecule has 0 radical (unpaired) electrons. The number of benzene rings is 1. The summed E-state index contributed by atoms with van der Waals surface area (Å²) in [5, 5.41) is 13.0. The molecular weight excluding hydrogens is 309 g/mol. The first kappa shape index (κ1) is 15.1. The monoisotopic (exact) mass is 320 g/mol. The molecule has 3 rings (SSSR count). The molecular formula is C15H11F3N4O. The molecule has 0 unspecified atom stereocenters. The molecule has 2 aromatic rings. The van der Waals surface area contributed by atoms with Crippen LogP contribution in [0.4, 0.5) is 18.9 Å². The van der Waals surface area contributed by atoms with E-state index in [9.17, 15) is 18.0 Å². The summed E-state index contributed by atoms with van der Waals surface area (Å²) in [5.41, 5.74) is -0.887. The minimum atomic E-state index is -4.61. The highest BCUT2D eigenvalue weighted by molar-refractivity contribution is 6.05. The molecule has 0 spiro atoms. The Morgan fingerprint density at radius 1 is 1.35 bits per heavy atom. The number of aromatic nitrogens is 2. The summed E-state index contributed by atoms with van der Waals surface area (Å²) in [6.45, 7) is 2.12. The average molecular weight is 320 g/mol. The van der Waals surface area contributed by atoms with Crippen molar-refractivity contribution in [3.63, 3.8) is 0 Å². The van der Waals surface area contributed by atoms with Gasteiger partial charge in [-0.05, 0) is 31.2 Å². The molecule has 1 aromatic heterocycles. The molecule has 1 aliphatic rings. The van der Waals surface area contributed by atoms with Crippen molar-refractivity contribution in [2.75, 3.05) is 11.4 Å². The van der Waals surface area contributed by atoms with Crippen LogP contribution in [0, 0.1) is 11.3 Å². The number of rotatable bonds is 1. The Hall–Kier alpha value is -2.82. The molecule has 8 heteroatoms. The molecule has 1 amide bonds. The number of nitriles is 1. The second-order valence-electron chi connectivity index (χ2n) is 5.27. The summed E-state index contributed by atoms with van der Waals surface area (Å²) in [4.78, 5) is 13.8. The average Bonchev–Trinajstić information content (AvgIpc) is 2.99. The van der Waals surface area contributed by atoms with E-state index in [4.69, 9.17) is 5.26 Å². The maximum atomic E-state index is 12.9. The van der Waals surface area contributed by atoms with E-state index in [2.05, 4.69) is 5.10 Å². The van der Waals surface area contributed by atoms with Crippen LogP contribution in [0.2, 0.25) is 0 Å². The van der Waals surface area contributed by atoms with E-state index in [-0.39, 0.29) is 24.2 Å². The summed E-state index contributed by atoms with van der Waals surface area (Å²) in [5.74, 6) is -0.357. The highest BCUT2D eigenvalue weighted by atomic mass is 19.4. The van der Waals surface area contributed by atoms with E-state index in [1.165, 1.54) is 17.2 Å². The lowest BCUT2D eigenvalue weighted by Gasteiger charge is -2.32. The summed E-state index contributed by atoms with van der Waals surface area (Å²) in [6, 6.07) is 6.12. The lowest BCUT2D eigenvalue weighted by Crippen LogP contribution is -2.42. The van der Waals surface area contributed by atoms with Gasteiger partial charge in [0.05, 0.1) is 23.2 Å². The van der Waals surface area contributed by atoms with Gasteiger partial charge in [0.15, 0.2) is 0 Å². The van der Waals surface area contributed by atoms with Gasteiger partial charge >= 0.3 is 6.18 Å². The topological polar surface area (TPSA) is 61.9 Å². The number of hydrogen-bond acceptors (Lipinski definition) is 3. The van der Waals surface area contributed by atoms with Gasteiger partial charge in [0.1, 0.15) is 5.69 Å². The Bertz CT molecular complexity index is 819. The first-order valence-corrected chi connectivity index (χ1v) is 6.79. The second kappa shape index (κ2) is 5.12. The summed E-state index contributed by atoms with van der Waals surface area (Å²) < 4.78 is 40.2. The highest BCUT2D eigenvalue weighted by Gasteiger charge is 2.35. The zero-order valence-corrected chi connectivity index (χ0v) is 12.0. The predicted octanol–water partition coefficient (Wildman–Crippen LogP) is 2.99. The van der Waals surface area contributed by atoms with Crippen molar-refractivity contribution in [1.82, 2.24) is 9.78 Å². The van der Waals surface area contributed by atoms with Crippen LogP contribution in [0.3, 0.4) is 0 Å². The Labute approximate surface area is 129 Å². The number of alkyl halides is 3. The molecule has 1 aliphatic heterocycles. The van der Waals surface area contributed by atoms with Crippen molar-refractivity contribution >= 4 is 11.6 Å². The van der Waals surface area contributed by atoms with Crippen LogP contribution < -0.4 is 4.90 Å². The zero-order valence-electron chi connectivity index (χ0n) is 12.0. The third-order valence-corrected chi connectivity index (χ3v) is 3.74. The van der Waals surface area contributed by atoms with Crippen LogP contribution >= 0.6 is 0 Å². The van der Waals surface area contributed by atoms with Crippen molar-refractivity contribution < 1.29 is 18.0 Å². The molecule has 0 aliphatic carbocycles. The highest BCUT2D eigenvalue weighted by Crippen LogP contribution is 2.35. The van der Waals surface area contributed by atoms with Crippen LogP contribution in [0.25, 0.3) is 0 Å². The summed E-state index contributed by atoms with van der Waals surface area (Å²) >= 11 is 0. The van der Waals surface area contributed by atoms with E-state index < -0.39 is 17.3 Å². The van der Waals surface area contributed by atoms with Gasteiger partial charge in [-0.3, -0.25) is 9.48 Å². The van der Waals surface area contributed by atoms with Crippen LogP contribution in [0.1, 0.15) is 34.6 Å². The molecule has 1 atom stereocenters. The Balaban J connectivity index is 2.04. The van der Waals surface area contributed by atoms with Crippen LogP contribution in [-0.4, -0.2) is 22.2 Å². The molecule has 1 aromatic carbocycles. The smallest absolute Gasteiger partial charge is 0.305 e. The van der Waals surface area contributed by atoms with E-state index in [1.807, 2.05) is 6.92 Å². The van der Waals surface area contributed by atoms with Gasteiger partial charge in [-0.1, -0.05) is 0 Å². The largest absolute Gasteiger partial charge is 0.417 e. The minimum absolute atomic E-state index is 0.120. The van der Waals surface area contributed by atoms with Gasteiger partial charge in [0, 0.05) is 18.4 Å². The first-order valence-electron chi connectivity index (χ1n) is 6.79. The van der Waals surface area contributed by atoms with Crippen molar-refractivity contribution in [2.24, 2.45) is 0 Å². The Morgan fingerprint density at radius 2 is 2.09 bits per heavy atom. The zero-order chi connectivity index (χ0) is 16.8. The van der Waals surface area contributed by atoms with Gasteiger partial charge in [-0.2, -0.15) is 23.5 Å². The standard InChI is InChI=1S/C15H11F3N4O/c1-9-8-21(14(23)13-4-5-20-22(9)13)11-2-3-12(15(16,17)18)10(6-11)7-19/h2-6,9H,8H2,1H3/t9-/m0/s1. The number of hydrogen-bond donors (Lipinski definition) is 0. The number of halogens is 3. The SMILES string of the molecule is C[C@H]1CN(c2ccc(C(F)(F)F)c(C#N)c2)C(=O)c2ccnn21. The Kier molecular flexibility index (Phi) is 3.36. The van der Waals surface area contributed by atoms with Crippen molar-refractivity contribution in [1.29, 1.82) is 5.26 Å². The van der Waals surface area contributed by atoms with E-state index in [0.29, 0.717) is 5.69 Å². The van der Waals surface area contributed by atoms with E-state index in [0.717, 1.165) is 12.1 Å². The first-order chi connectivity index (χ1) is 10.8. The van der Waals surface area contributed by atoms with E-state index >= 15 is 0 Å². The lowest BCUT2D eigenvalue weighted by atomic mass is 10.1. The fourth-order valence-electron chi connectivity index (χ4n) is 2.66. The minimum Gasteiger partial charge on any atom is -0.305 e. The van der Waals surface area contributed by atoms with Crippen LogP contribution in [0.15, 0.2) is 30.5 Å². The molecule has 0 bridgehead atoms. The molecule has 0 saturated heterocycles. The summed E-state index contributed by atoms with van der Waals surface area (Å²) in [7, 11) is 0. The Morgan fingerprint density at radius 3 is 2.74 bits per heavy atom. The molecule has 0 fully saturated rings. The molecule has 0 N–H and O–H groups in total. The summed E-state index contributed by atoms with van der Waals surface area (Å²) in [6.07, 6.45) is -3.11. The molecule has 5 nitrogen and oxygen atoms in total. The fourth-order valence-corrected chi connectivity index (χ4v) is 2.66. The van der Waals surface area contributed by atoms with Crippen molar-refractivity contribution in [3.05, 3.63) is 47.3 Å². The van der Waals surface area contributed by atoms with Gasteiger partial charge in [-0.15, -0.1) is 0 Å². The van der Waals surface area contributed by atoms with Crippen molar-refractivity contribution in [3.8, 4) is 6.07 Å². The third kappa shape index (κ3) is 2.44. The van der Waals surface area contributed by atoms with Gasteiger partial charge in [0.25, 0.3) is 5.91 Å². The predicted molar refractivity (Wildman–Crippen MR) is 74.8 cm³/mol. The van der Waals surface area contributed by atoms with Gasteiger partial charge in [0.2, 0.25) is 0 Å². The molecule has 23 heavy (non-hydrogen) atoms. The maximum Gasteiger partial charge on any atom is 0.417 e. The van der Waals surface area contributed by atoms with Crippen LogP contribution in [0.5, 0.6) is 0 Å². The molecule has 2 heterocycles. The van der Waals surface area contributed by atoms with E-state index in [1.54, 1.807) is 16.8 Å². The quantitative estimate of drug-likeness (QED) is 0.811. The number of carbonyl (C=O) groups excluding carboxylic acids is 1. The number of nitrogens with zero attached hydrogens (tertiary/aromatic N) is 4.